The van der Waals surface area contributed by atoms with Crippen molar-refractivity contribution in [3.05, 3.63) is 28.5 Å². The monoisotopic (exact) mass is 204 g/mol. The molecule has 0 fully saturated rings. The van der Waals surface area contributed by atoms with Gasteiger partial charge >= 0.3 is 0 Å². The lowest BCUT2D eigenvalue weighted by atomic mass is 10.1. The third-order valence-electron chi connectivity index (χ3n) is 2.95. The number of aromatic nitrogens is 2. The number of H-pyrrole nitrogens is 1. The highest BCUT2D eigenvalue weighted by atomic mass is 32.1. The third kappa shape index (κ3) is 1.05. The summed E-state index contributed by atoms with van der Waals surface area (Å²) >= 11 is 5.31. The fourth-order valence-corrected chi connectivity index (χ4v) is 2.59. The second-order valence-electron chi connectivity index (χ2n) is 3.85. The summed E-state index contributed by atoms with van der Waals surface area (Å²) < 4.78 is 3.11. The summed E-state index contributed by atoms with van der Waals surface area (Å²) in [4.78, 5) is 3.26. The fraction of sp³-hybridized carbons (Fsp3) is 0.364. The van der Waals surface area contributed by atoms with Gasteiger partial charge in [0.25, 0.3) is 0 Å². The van der Waals surface area contributed by atoms with E-state index in [0.717, 1.165) is 11.3 Å². The van der Waals surface area contributed by atoms with E-state index in [0.29, 0.717) is 0 Å². The van der Waals surface area contributed by atoms with Crippen LogP contribution < -0.4 is 0 Å². The zero-order chi connectivity index (χ0) is 9.54. The van der Waals surface area contributed by atoms with Crippen LogP contribution in [-0.4, -0.2) is 9.55 Å². The van der Waals surface area contributed by atoms with E-state index < -0.39 is 0 Å². The van der Waals surface area contributed by atoms with Crippen LogP contribution in [0.2, 0.25) is 0 Å². The van der Waals surface area contributed by atoms with Crippen LogP contribution in [0.4, 0.5) is 0 Å². The Morgan fingerprint density at radius 2 is 2.21 bits per heavy atom. The molecule has 0 aliphatic carbocycles. The number of rotatable bonds is 0. The van der Waals surface area contributed by atoms with Crippen molar-refractivity contribution in [3.8, 4) is 0 Å². The van der Waals surface area contributed by atoms with E-state index >= 15 is 0 Å². The summed E-state index contributed by atoms with van der Waals surface area (Å²) in [5, 5.41) is 0. The number of imidazole rings is 1. The van der Waals surface area contributed by atoms with Gasteiger partial charge in [0.15, 0.2) is 4.77 Å². The Kier molecular flexibility index (Phi) is 1.74. The Bertz CT molecular complexity index is 536. The Morgan fingerprint density at radius 1 is 1.29 bits per heavy atom. The summed E-state index contributed by atoms with van der Waals surface area (Å²) in [6, 6.07) is 6.43. The van der Waals surface area contributed by atoms with Crippen molar-refractivity contribution in [3.63, 3.8) is 0 Å². The van der Waals surface area contributed by atoms with Crippen molar-refractivity contribution < 1.29 is 0 Å². The predicted molar refractivity (Wildman–Crippen MR) is 60.1 cm³/mol. The minimum absolute atomic E-state index is 0.870. The lowest BCUT2D eigenvalue weighted by Crippen LogP contribution is -1.95. The molecule has 0 atom stereocenters. The van der Waals surface area contributed by atoms with E-state index in [-0.39, 0.29) is 0 Å². The smallest absolute Gasteiger partial charge is 0.178 e. The average molecular weight is 204 g/mol. The van der Waals surface area contributed by atoms with Gasteiger partial charge in [-0.05, 0) is 43.1 Å². The predicted octanol–water partition coefficient (Wildman–Crippen LogP) is 3.04. The molecular formula is C11H12N2S. The van der Waals surface area contributed by atoms with E-state index in [9.17, 15) is 0 Å². The molecule has 1 aromatic carbocycles. The molecule has 2 nitrogen and oxygen atoms in total. The molecule has 14 heavy (non-hydrogen) atoms. The van der Waals surface area contributed by atoms with E-state index in [4.69, 9.17) is 12.2 Å². The molecule has 2 aromatic rings. The Labute approximate surface area is 87.6 Å². The molecule has 3 heteroatoms. The molecule has 1 aliphatic heterocycles. The summed E-state index contributed by atoms with van der Waals surface area (Å²) in [6.45, 7) is 1.07. The molecule has 3 rings (SSSR count). The van der Waals surface area contributed by atoms with Crippen molar-refractivity contribution in [2.24, 2.45) is 0 Å². The van der Waals surface area contributed by atoms with E-state index in [1.807, 2.05) is 0 Å². The van der Waals surface area contributed by atoms with Gasteiger partial charge in [0.05, 0.1) is 11.0 Å². The first-order chi connectivity index (χ1) is 6.86. The SMILES string of the molecule is S=c1[nH]c2cccc3c2n1CCCC3. The second-order valence-corrected chi connectivity index (χ2v) is 4.24. The molecule has 1 N–H and O–H groups in total. The van der Waals surface area contributed by atoms with Gasteiger partial charge in [-0.15, -0.1) is 0 Å². The van der Waals surface area contributed by atoms with Crippen LogP contribution in [0, 0.1) is 4.77 Å². The van der Waals surface area contributed by atoms with Crippen molar-refractivity contribution in [2.45, 2.75) is 25.8 Å². The number of hydrogen-bond donors (Lipinski definition) is 1. The van der Waals surface area contributed by atoms with Gasteiger partial charge in [-0.3, -0.25) is 0 Å². The van der Waals surface area contributed by atoms with E-state index in [1.54, 1.807) is 0 Å². The normalized spacial score (nSPS) is 15.7. The molecule has 72 valence electrons. The molecule has 1 aromatic heterocycles. The zero-order valence-corrected chi connectivity index (χ0v) is 8.73. The summed E-state index contributed by atoms with van der Waals surface area (Å²) in [6.07, 6.45) is 3.69. The molecule has 0 radical (unpaired) electrons. The van der Waals surface area contributed by atoms with Crippen LogP contribution in [0.15, 0.2) is 18.2 Å². The molecular weight excluding hydrogens is 192 g/mol. The van der Waals surface area contributed by atoms with Gasteiger partial charge in [0.1, 0.15) is 0 Å². The zero-order valence-electron chi connectivity index (χ0n) is 7.92. The standard InChI is InChI=1S/C11H12N2S/c14-11-12-9-6-3-5-8-4-1-2-7-13(11)10(8)9/h3,5-6H,1-2,4,7H2,(H,12,14). The first-order valence-corrected chi connectivity index (χ1v) is 5.47. The number of para-hydroxylation sites is 1. The second kappa shape index (κ2) is 2.95. The minimum Gasteiger partial charge on any atom is -0.331 e. The summed E-state index contributed by atoms with van der Waals surface area (Å²) in [5.41, 5.74) is 3.96. The summed E-state index contributed by atoms with van der Waals surface area (Å²) in [5.74, 6) is 0. The quantitative estimate of drug-likeness (QED) is 0.654. The van der Waals surface area contributed by atoms with E-state index in [1.165, 1.54) is 35.9 Å². The lowest BCUT2D eigenvalue weighted by molar-refractivity contribution is 0.635. The number of nitrogens with zero attached hydrogens (tertiary/aromatic N) is 1. The Hall–Kier alpha value is -1.09. The first-order valence-electron chi connectivity index (χ1n) is 5.07. The van der Waals surface area contributed by atoms with Crippen molar-refractivity contribution >= 4 is 23.3 Å². The minimum atomic E-state index is 0.870. The lowest BCUT2D eigenvalue weighted by Gasteiger charge is -2.01. The topological polar surface area (TPSA) is 20.7 Å². The molecule has 0 saturated heterocycles. The highest BCUT2D eigenvalue weighted by Gasteiger charge is 2.11. The van der Waals surface area contributed by atoms with Gasteiger partial charge in [-0.25, -0.2) is 0 Å². The first kappa shape index (κ1) is 8.24. The van der Waals surface area contributed by atoms with Gasteiger partial charge in [0, 0.05) is 6.54 Å². The highest BCUT2D eigenvalue weighted by Crippen LogP contribution is 2.24. The average Bonchev–Trinajstić information content (AvgIpc) is 2.39. The van der Waals surface area contributed by atoms with Gasteiger partial charge in [-0.1, -0.05) is 12.1 Å². The molecule has 0 bridgehead atoms. The molecule has 0 saturated carbocycles. The van der Waals surface area contributed by atoms with Gasteiger partial charge in [0.2, 0.25) is 0 Å². The maximum absolute atomic E-state index is 5.31. The van der Waals surface area contributed by atoms with Crippen LogP contribution in [-0.2, 0) is 13.0 Å². The molecule has 0 spiro atoms. The van der Waals surface area contributed by atoms with Crippen molar-refractivity contribution in [1.29, 1.82) is 0 Å². The number of aromatic amines is 1. The Morgan fingerprint density at radius 3 is 3.14 bits per heavy atom. The number of nitrogens with one attached hydrogen (secondary N) is 1. The van der Waals surface area contributed by atoms with Crippen molar-refractivity contribution in [2.75, 3.05) is 0 Å². The highest BCUT2D eigenvalue weighted by molar-refractivity contribution is 7.71. The molecule has 0 amide bonds. The summed E-state index contributed by atoms with van der Waals surface area (Å²) in [7, 11) is 0. The van der Waals surface area contributed by atoms with Crippen LogP contribution in [0.5, 0.6) is 0 Å². The van der Waals surface area contributed by atoms with Crippen molar-refractivity contribution in [1.82, 2.24) is 9.55 Å². The van der Waals surface area contributed by atoms with Crippen LogP contribution in [0.3, 0.4) is 0 Å². The van der Waals surface area contributed by atoms with Crippen LogP contribution >= 0.6 is 12.2 Å². The number of aryl methyl sites for hydroxylation is 2. The Balaban J connectivity index is 2.48. The van der Waals surface area contributed by atoms with Crippen LogP contribution in [0.1, 0.15) is 18.4 Å². The molecule has 0 unspecified atom stereocenters. The van der Waals surface area contributed by atoms with Gasteiger partial charge < -0.3 is 9.55 Å². The fourth-order valence-electron chi connectivity index (χ4n) is 2.30. The largest absolute Gasteiger partial charge is 0.331 e. The number of hydrogen-bond acceptors (Lipinski definition) is 1. The maximum atomic E-state index is 5.31. The molecule has 1 aliphatic rings. The molecule has 2 heterocycles. The van der Waals surface area contributed by atoms with E-state index in [2.05, 4.69) is 27.8 Å². The van der Waals surface area contributed by atoms with Crippen LogP contribution in [0.25, 0.3) is 11.0 Å². The van der Waals surface area contributed by atoms with Gasteiger partial charge in [-0.2, -0.15) is 0 Å². The maximum Gasteiger partial charge on any atom is 0.178 e. The number of benzene rings is 1. The third-order valence-corrected chi connectivity index (χ3v) is 3.28.